The van der Waals surface area contributed by atoms with Gasteiger partial charge >= 0.3 is 6.18 Å². The number of nitrogens with zero attached hydrogens (tertiary/aromatic N) is 2. The molecule has 0 atom stereocenters. The molecule has 7 nitrogen and oxygen atoms in total. The van der Waals surface area contributed by atoms with E-state index in [2.05, 4.69) is 15.3 Å². The van der Waals surface area contributed by atoms with Crippen LogP contribution in [-0.4, -0.2) is 58.7 Å². The third-order valence-corrected chi connectivity index (χ3v) is 9.59. The summed E-state index contributed by atoms with van der Waals surface area (Å²) in [6.45, 7) is 0.787. The van der Waals surface area contributed by atoms with Gasteiger partial charge in [0.15, 0.2) is 0 Å². The van der Waals surface area contributed by atoms with Crippen LogP contribution in [0.1, 0.15) is 50.0 Å². The van der Waals surface area contributed by atoms with Gasteiger partial charge in [0.25, 0.3) is 0 Å². The molecule has 0 bridgehead atoms. The van der Waals surface area contributed by atoms with Gasteiger partial charge in [-0.3, -0.25) is 4.79 Å². The molecule has 1 saturated heterocycles. The highest BCUT2D eigenvalue weighted by molar-refractivity contribution is 7.89. The lowest BCUT2D eigenvalue weighted by molar-refractivity contribution is -0.172. The van der Waals surface area contributed by atoms with Gasteiger partial charge in [0.1, 0.15) is 11.2 Å². The number of alkyl halides is 3. The Bertz CT molecular complexity index is 1130. The smallest absolute Gasteiger partial charge is 0.346 e. The number of hydrogen-bond donors (Lipinski definition) is 2. The normalized spacial score (nSPS) is 26.6. The highest BCUT2D eigenvalue weighted by atomic mass is 32.2. The molecule has 2 aliphatic carbocycles. The highest BCUT2D eigenvalue weighted by Gasteiger charge is 2.65. The van der Waals surface area contributed by atoms with Gasteiger partial charge in [0.05, 0.1) is 5.25 Å². The second-order valence-corrected chi connectivity index (χ2v) is 11.4. The number of hydrogen-bond acceptors (Lipinski definition) is 4. The summed E-state index contributed by atoms with van der Waals surface area (Å²) in [4.78, 5) is 19.7. The van der Waals surface area contributed by atoms with E-state index in [1.807, 2.05) is 18.3 Å². The van der Waals surface area contributed by atoms with E-state index in [0.29, 0.717) is 25.9 Å². The second-order valence-electron chi connectivity index (χ2n) is 9.22. The van der Waals surface area contributed by atoms with Gasteiger partial charge in [-0.15, -0.1) is 0 Å². The summed E-state index contributed by atoms with van der Waals surface area (Å²) in [5, 5.41) is 2.47. The summed E-state index contributed by atoms with van der Waals surface area (Å²) in [5.74, 6) is -1.12. The standard InChI is InChI=1S/C21H25F3N4O3S/c22-21(23,24)20(5-6-20)27-19(29)14-10-15(11-14)32(30,31)28-8-3-13(4-9-28)17-12-26-18-16(17)2-1-7-25-18/h1-2,7,12-15H,3-6,8-11H2,(H,25,26)(H,27,29)/t14-,15-. The molecular weight excluding hydrogens is 445 g/mol. The van der Waals surface area contributed by atoms with Crippen molar-refractivity contribution in [1.29, 1.82) is 0 Å². The molecule has 174 valence electrons. The van der Waals surface area contributed by atoms with Crippen LogP contribution in [0, 0.1) is 5.92 Å². The van der Waals surface area contributed by atoms with E-state index < -0.39 is 38.8 Å². The number of fused-ring (bicyclic) bond motifs is 1. The Morgan fingerprint density at radius 2 is 1.91 bits per heavy atom. The molecule has 1 aliphatic heterocycles. The lowest BCUT2D eigenvalue weighted by Gasteiger charge is -2.40. The zero-order chi connectivity index (χ0) is 22.7. The van der Waals surface area contributed by atoms with Gasteiger partial charge < -0.3 is 10.3 Å². The number of rotatable bonds is 5. The molecule has 2 aromatic rings. The first-order chi connectivity index (χ1) is 15.1. The second kappa shape index (κ2) is 7.44. The minimum absolute atomic E-state index is 0.0795. The number of sulfonamides is 1. The molecule has 2 aromatic heterocycles. The Labute approximate surface area is 183 Å². The van der Waals surface area contributed by atoms with Gasteiger partial charge in [-0.05, 0) is 62.1 Å². The van der Waals surface area contributed by atoms with E-state index in [-0.39, 0.29) is 31.6 Å². The number of piperidine rings is 1. The van der Waals surface area contributed by atoms with Crippen LogP contribution < -0.4 is 5.32 Å². The van der Waals surface area contributed by atoms with E-state index in [4.69, 9.17) is 0 Å². The zero-order valence-electron chi connectivity index (χ0n) is 17.4. The van der Waals surface area contributed by atoms with Crippen LogP contribution in [0.25, 0.3) is 11.0 Å². The molecule has 0 aromatic carbocycles. The molecule has 5 rings (SSSR count). The topological polar surface area (TPSA) is 95.2 Å². The van der Waals surface area contributed by atoms with E-state index in [0.717, 1.165) is 16.6 Å². The van der Waals surface area contributed by atoms with E-state index in [9.17, 15) is 26.4 Å². The maximum atomic E-state index is 13.0. The van der Waals surface area contributed by atoms with Gasteiger partial charge in [-0.1, -0.05) is 0 Å². The van der Waals surface area contributed by atoms with E-state index in [1.165, 1.54) is 4.31 Å². The van der Waals surface area contributed by atoms with Crippen molar-refractivity contribution in [1.82, 2.24) is 19.6 Å². The van der Waals surface area contributed by atoms with Gasteiger partial charge in [-0.25, -0.2) is 17.7 Å². The predicted octanol–water partition coefficient (Wildman–Crippen LogP) is 3.06. The molecule has 2 saturated carbocycles. The number of pyridine rings is 1. The average Bonchev–Trinajstić information content (AvgIpc) is 3.37. The summed E-state index contributed by atoms with van der Waals surface area (Å²) >= 11 is 0. The maximum absolute atomic E-state index is 13.0. The summed E-state index contributed by atoms with van der Waals surface area (Å²) in [6, 6.07) is 3.88. The Hall–Kier alpha value is -2.14. The van der Waals surface area contributed by atoms with Crippen LogP contribution in [0.4, 0.5) is 13.2 Å². The van der Waals surface area contributed by atoms with E-state index in [1.54, 1.807) is 6.20 Å². The van der Waals surface area contributed by atoms with Crippen molar-refractivity contribution in [2.24, 2.45) is 5.92 Å². The largest absolute Gasteiger partial charge is 0.411 e. The number of carbonyl (C=O) groups excluding carboxylic acids is 1. The monoisotopic (exact) mass is 470 g/mol. The Kier molecular flexibility index (Phi) is 5.05. The fraction of sp³-hybridized carbons (Fsp3) is 0.619. The van der Waals surface area contributed by atoms with Crippen molar-refractivity contribution in [2.45, 2.75) is 61.4 Å². The zero-order valence-corrected chi connectivity index (χ0v) is 18.2. The molecule has 0 unspecified atom stereocenters. The number of aromatic nitrogens is 2. The molecule has 3 fully saturated rings. The highest BCUT2D eigenvalue weighted by Crippen LogP contribution is 2.49. The first kappa shape index (κ1) is 21.7. The summed E-state index contributed by atoms with van der Waals surface area (Å²) in [6.07, 6.45) is 0.496. The van der Waals surface area contributed by atoms with Crippen molar-refractivity contribution in [3.63, 3.8) is 0 Å². The van der Waals surface area contributed by atoms with E-state index >= 15 is 0 Å². The first-order valence-electron chi connectivity index (χ1n) is 10.9. The van der Waals surface area contributed by atoms with Crippen LogP contribution in [0.2, 0.25) is 0 Å². The molecule has 0 radical (unpaired) electrons. The van der Waals surface area contributed by atoms with Crippen molar-refractivity contribution >= 4 is 27.0 Å². The Morgan fingerprint density at radius 1 is 1.22 bits per heavy atom. The summed E-state index contributed by atoms with van der Waals surface area (Å²) in [5.41, 5.74) is -0.146. The average molecular weight is 471 g/mol. The van der Waals surface area contributed by atoms with Crippen LogP contribution >= 0.6 is 0 Å². The SMILES string of the molecule is O=C(NC1(C(F)(F)F)CC1)[C@H]1C[C@H](S(=O)(=O)N2CCC(c3c[nH]c4ncccc34)CC2)C1. The number of halogens is 3. The first-order valence-corrected chi connectivity index (χ1v) is 12.4. The quantitative estimate of drug-likeness (QED) is 0.702. The lowest BCUT2D eigenvalue weighted by Crippen LogP contribution is -2.55. The number of aromatic amines is 1. The third kappa shape index (κ3) is 3.59. The Balaban J connectivity index is 1.16. The fourth-order valence-electron chi connectivity index (χ4n) is 4.91. The van der Waals surface area contributed by atoms with Crippen molar-refractivity contribution < 1.29 is 26.4 Å². The minimum Gasteiger partial charge on any atom is -0.346 e. The maximum Gasteiger partial charge on any atom is 0.411 e. The van der Waals surface area contributed by atoms with Gasteiger partial charge in [0, 0.05) is 36.8 Å². The van der Waals surface area contributed by atoms with Crippen LogP contribution in [0.5, 0.6) is 0 Å². The summed E-state index contributed by atoms with van der Waals surface area (Å²) in [7, 11) is -3.57. The summed E-state index contributed by atoms with van der Waals surface area (Å²) < 4.78 is 66.6. The van der Waals surface area contributed by atoms with Crippen LogP contribution in [0.15, 0.2) is 24.5 Å². The molecule has 32 heavy (non-hydrogen) atoms. The van der Waals surface area contributed by atoms with Crippen molar-refractivity contribution in [2.75, 3.05) is 13.1 Å². The van der Waals surface area contributed by atoms with Gasteiger partial charge in [0.2, 0.25) is 15.9 Å². The minimum atomic E-state index is -4.47. The molecule has 11 heteroatoms. The van der Waals surface area contributed by atoms with Crippen LogP contribution in [-0.2, 0) is 14.8 Å². The lowest BCUT2D eigenvalue weighted by atomic mass is 9.84. The molecule has 0 spiro atoms. The van der Waals surface area contributed by atoms with Crippen molar-refractivity contribution in [3.05, 3.63) is 30.1 Å². The number of H-pyrrole nitrogens is 1. The fourth-order valence-corrected chi connectivity index (χ4v) is 7.00. The number of carbonyl (C=O) groups is 1. The Morgan fingerprint density at radius 3 is 2.53 bits per heavy atom. The van der Waals surface area contributed by atoms with Crippen LogP contribution in [0.3, 0.4) is 0 Å². The third-order valence-electron chi connectivity index (χ3n) is 7.28. The number of amides is 1. The number of nitrogens with one attached hydrogen (secondary N) is 2. The molecule has 3 aliphatic rings. The molecule has 3 heterocycles. The molecular formula is C21H25F3N4O3S. The van der Waals surface area contributed by atoms with Crippen molar-refractivity contribution in [3.8, 4) is 0 Å². The predicted molar refractivity (Wildman–Crippen MR) is 111 cm³/mol. The van der Waals surface area contributed by atoms with Gasteiger partial charge in [-0.2, -0.15) is 13.2 Å². The molecule has 2 N–H and O–H groups in total. The molecule has 1 amide bonds.